The van der Waals surface area contributed by atoms with Crippen LogP contribution in [0.2, 0.25) is 0 Å². The molecule has 0 aliphatic heterocycles. The number of methoxy groups -OCH3 is 2. The Bertz CT molecular complexity index is 449. The number of esters is 1. The molecular weight excluding hydrogens is 248 g/mol. The molecule has 0 unspecified atom stereocenters. The van der Waals surface area contributed by atoms with Gasteiger partial charge in [-0.15, -0.1) is 0 Å². The number of hydrogen-bond donors (Lipinski definition) is 2. The van der Waals surface area contributed by atoms with Gasteiger partial charge in [-0.05, 0) is 20.8 Å². The van der Waals surface area contributed by atoms with E-state index in [1.165, 1.54) is 7.11 Å². The van der Waals surface area contributed by atoms with Gasteiger partial charge in [-0.3, -0.25) is 0 Å². The molecule has 0 aliphatic rings. The van der Waals surface area contributed by atoms with E-state index in [1.54, 1.807) is 11.8 Å². The number of carbonyl (C=O) groups excluding carboxylic acids is 1. The van der Waals surface area contributed by atoms with Gasteiger partial charge in [0.2, 0.25) is 0 Å². The molecule has 0 aliphatic carbocycles. The highest BCUT2D eigenvalue weighted by atomic mass is 16.5. The molecule has 3 N–H and O–H groups in total. The number of nitrogens with two attached hydrogens (primary N) is 1. The lowest BCUT2D eigenvalue weighted by atomic mass is 10.1. The number of nitrogens with zero attached hydrogens (tertiary/aromatic N) is 2. The molecule has 1 aromatic rings. The molecule has 7 nitrogen and oxygen atoms in total. The molecule has 108 valence electrons. The van der Waals surface area contributed by atoms with Gasteiger partial charge in [0, 0.05) is 13.7 Å². The van der Waals surface area contributed by atoms with Gasteiger partial charge in [0.15, 0.2) is 5.82 Å². The van der Waals surface area contributed by atoms with Crippen LogP contribution in [0.25, 0.3) is 0 Å². The van der Waals surface area contributed by atoms with Gasteiger partial charge >= 0.3 is 5.97 Å². The summed E-state index contributed by atoms with van der Waals surface area (Å²) < 4.78 is 11.3. The summed E-state index contributed by atoms with van der Waals surface area (Å²) in [5.74, 6) is 0.198. The molecule has 0 spiro atoms. The standard InChI is InChI=1S/C12H22N4O3/c1-12(2,3)16-9(13)8(11(17)19-5)10(15-16)14-6-7-18-4/h6-7,13H2,1-5H3,(H,14,15). The van der Waals surface area contributed by atoms with E-state index in [2.05, 4.69) is 10.4 Å². The summed E-state index contributed by atoms with van der Waals surface area (Å²) >= 11 is 0. The smallest absolute Gasteiger partial charge is 0.345 e. The molecule has 0 bridgehead atoms. The fraction of sp³-hybridized carbons (Fsp3) is 0.667. The van der Waals surface area contributed by atoms with Crippen LogP contribution in [-0.4, -0.2) is 43.1 Å². The number of anilines is 2. The van der Waals surface area contributed by atoms with Crippen molar-refractivity contribution in [3.63, 3.8) is 0 Å². The highest BCUT2D eigenvalue weighted by Gasteiger charge is 2.27. The van der Waals surface area contributed by atoms with Crippen molar-refractivity contribution in [2.45, 2.75) is 26.3 Å². The maximum absolute atomic E-state index is 11.8. The molecule has 1 rings (SSSR count). The van der Waals surface area contributed by atoms with Crippen molar-refractivity contribution in [2.24, 2.45) is 0 Å². The predicted octanol–water partition coefficient (Wildman–Crippen LogP) is 1.07. The van der Waals surface area contributed by atoms with Gasteiger partial charge in [-0.1, -0.05) is 0 Å². The first-order chi connectivity index (χ1) is 8.82. The van der Waals surface area contributed by atoms with Gasteiger partial charge in [-0.2, -0.15) is 5.10 Å². The van der Waals surface area contributed by atoms with Gasteiger partial charge in [0.1, 0.15) is 11.4 Å². The van der Waals surface area contributed by atoms with Crippen molar-refractivity contribution in [3.05, 3.63) is 5.56 Å². The quantitative estimate of drug-likeness (QED) is 0.614. The third-order valence-electron chi connectivity index (χ3n) is 2.54. The lowest BCUT2D eigenvalue weighted by Gasteiger charge is -2.20. The van der Waals surface area contributed by atoms with E-state index in [1.807, 2.05) is 20.8 Å². The monoisotopic (exact) mass is 270 g/mol. The maximum Gasteiger partial charge on any atom is 0.345 e. The molecule has 0 radical (unpaired) electrons. The van der Waals surface area contributed by atoms with Crippen LogP contribution >= 0.6 is 0 Å². The Hall–Kier alpha value is -1.76. The Balaban J connectivity index is 3.16. The maximum atomic E-state index is 11.8. The van der Waals surface area contributed by atoms with Crippen LogP contribution in [0.5, 0.6) is 0 Å². The van der Waals surface area contributed by atoms with E-state index < -0.39 is 5.97 Å². The number of hydrogen-bond acceptors (Lipinski definition) is 6. The fourth-order valence-corrected chi connectivity index (χ4v) is 1.64. The largest absolute Gasteiger partial charge is 0.465 e. The van der Waals surface area contributed by atoms with E-state index in [0.717, 1.165) is 0 Å². The predicted molar refractivity (Wildman–Crippen MR) is 73.3 cm³/mol. The van der Waals surface area contributed by atoms with Crippen LogP contribution in [0, 0.1) is 0 Å². The van der Waals surface area contributed by atoms with E-state index in [-0.39, 0.29) is 11.1 Å². The lowest BCUT2D eigenvalue weighted by molar-refractivity contribution is 0.0603. The summed E-state index contributed by atoms with van der Waals surface area (Å²) in [7, 11) is 2.92. The highest BCUT2D eigenvalue weighted by molar-refractivity contribution is 5.99. The molecule has 0 atom stereocenters. The van der Waals surface area contributed by atoms with Crippen LogP contribution in [-0.2, 0) is 15.0 Å². The molecule has 0 fully saturated rings. The third-order valence-corrected chi connectivity index (χ3v) is 2.54. The van der Waals surface area contributed by atoms with Crippen molar-refractivity contribution < 1.29 is 14.3 Å². The van der Waals surface area contributed by atoms with Gasteiger partial charge in [0.25, 0.3) is 0 Å². The number of nitrogens with one attached hydrogen (secondary N) is 1. The molecule has 7 heteroatoms. The summed E-state index contributed by atoms with van der Waals surface area (Å²) in [6.07, 6.45) is 0. The van der Waals surface area contributed by atoms with Crippen LogP contribution in [0.1, 0.15) is 31.1 Å². The van der Waals surface area contributed by atoms with E-state index >= 15 is 0 Å². The van der Waals surface area contributed by atoms with Crippen molar-refractivity contribution >= 4 is 17.6 Å². The van der Waals surface area contributed by atoms with Gasteiger partial charge < -0.3 is 20.5 Å². The average molecular weight is 270 g/mol. The Kier molecular flexibility index (Phi) is 4.77. The van der Waals surface area contributed by atoms with Crippen LogP contribution < -0.4 is 11.1 Å². The van der Waals surface area contributed by atoms with Crippen LogP contribution in [0.3, 0.4) is 0 Å². The minimum Gasteiger partial charge on any atom is -0.465 e. The first-order valence-electron chi connectivity index (χ1n) is 6.03. The van der Waals surface area contributed by atoms with E-state index in [4.69, 9.17) is 15.2 Å². The van der Waals surface area contributed by atoms with Crippen molar-refractivity contribution in [1.29, 1.82) is 0 Å². The SMILES string of the molecule is COCCNc1nn(C(C)(C)C)c(N)c1C(=O)OC. The number of carbonyl (C=O) groups is 1. The summed E-state index contributed by atoms with van der Waals surface area (Å²) in [6.45, 7) is 6.90. The zero-order valence-electron chi connectivity index (χ0n) is 12.1. The molecule has 1 aromatic heterocycles. The van der Waals surface area contributed by atoms with Crippen molar-refractivity contribution in [1.82, 2.24) is 9.78 Å². The molecule has 19 heavy (non-hydrogen) atoms. The molecule has 0 saturated heterocycles. The number of ether oxygens (including phenoxy) is 2. The second kappa shape index (κ2) is 5.92. The number of aromatic nitrogens is 2. The van der Waals surface area contributed by atoms with Gasteiger partial charge in [-0.25, -0.2) is 9.48 Å². The van der Waals surface area contributed by atoms with Crippen LogP contribution in [0.15, 0.2) is 0 Å². The first kappa shape index (κ1) is 15.3. The van der Waals surface area contributed by atoms with E-state index in [9.17, 15) is 4.79 Å². The second-order valence-electron chi connectivity index (χ2n) is 5.10. The molecule has 0 amide bonds. The molecule has 0 aromatic carbocycles. The molecular formula is C12H22N4O3. The van der Waals surface area contributed by atoms with Crippen molar-refractivity contribution in [2.75, 3.05) is 38.4 Å². The first-order valence-corrected chi connectivity index (χ1v) is 6.03. The molecule has 1 heterocycles. The third kappa shape index (κ3) is 3.37. The summed E-state index contributed by atoms with van der Waals surface area (Å²) in [5.41, 5.74) is 5.93. The minimum atomic E-state index is -0.507. The lowest BCUT2D eigenvalue weighted by Crippen LogP contribution is -2.25. The normalized spacial score (nSPS) is 11.4. The Morgan fingerprint density at radius 3 is 2.53 bits per heavy atom. The zero-order valence-corrected chi connectivity index (χ0v) is 12.1. The Morgan fingerprint density at radius 2 is 2.05 bits per heavy atom. The fourth-order valence-electron chi connectivity index (χ4n) is 1.64. The highest BCUT2D eigenvalue weighted by Crippen LogP contribution is 2.27. The topological polar surface area (TPSA) is 91.4 Å². The Labute approximate surface area is 113 Å². The Morgan fingerprint density at radius 1 is 1.42 bits per heavy atom. The average Bonchev–Trinajstić information content (AvgIpc) is 2.66. The summed E-state index contributed by atoms with van der Waals surface area (Å²) in [6, 6.07) is 0. The van der Waals surface area contributed by atoms with Crippen LogP contribution in [0.4, 0.5) is 11.6 Å². The summed E-state index contributed by atoms with van der Waals surface area (Å²) in [5, 5.41) is 7.37. The van der Waals surface area contributed by atoms with Gasteiger partial charge in [0.05, 0.1) is 19.3 Å². The van der Waals surface area contributed by atoms with E-state index in [0.29, 0.717) is 24.8 Å². The molecule has 0 saturated carbocycles. The summed E-state index contributed by atoms with van der Waals surface area (Å²) in [4.78, 5) is 11.8. The number of nitrogen functional groups attached to an aromatic ring is 1. The zero-order chi connectivity index (χ0) is 14.6. The van der Waals surface area contributed by atoms with Crippen molar-refractivity contribution in [3.8, 4) is 0 Å². The minimum absolute atomic E-state index is 0.258. The second-order valence-corrected chi connectivity index (χ2v) is 5.10. The number of rotatable bonds is 5.